The minimum Gasteiger partial charge on any atom is -0.374 e. The number of fused-ring (bicyclic) bond motifs is 1. The maximum atomic E-state index is 12.2. The zero-order valence-corrected chi connectivity index (χ0v) is 14.2. The lowest BCUT2D eigenvalue weighted by Crippen LogP contribution is -2.25. The number of benzene rings is 2. The average molecular weight is 359 g/mol. The van der Waals surface area contributed by atoms with E-state index >= 15 is 0 Å². The van der Waals surface area contributed by atoms with Crippen LogP contribution in [0.25, 0.3) is 0 Å². The maximum Gasteiger partial charge on any atom is 0.251 e. The average Bonchev–Trinajstić information content (AvgIpc) is 2.53. The van der Waals surface area contributed by atoms with E-state index in [1.165, 1.54) is 17.7 Å². The molecule has 0 fully saturated rings. The Morgan fingerprint density at radius 1 is 1.27 bits per heavy atom. The molecule has 0 saturated carbocycles. The van der Waals surface area contributed by atoms with Gasteiger partial charge in [-0.05, 0) is 48.2 Å². The third-order valence-electron chi connectivity index (χ3n) is 4.03. The second-order valence-corrected chi connectivity index (χ2v) is 6.60. The minimum atomic E-state index is -0.0452. The number of nitrogens with one attached hydrogen (secondary N) is 1. The monoisotopic (exact) mass is 358 g/mol. The number of amides is 1. The molecule has 2 aromatic rings. The van der Waals surface area contributed by atoms with Gasteiger partial charge in [-0.3, -0.25) is 4.79 Å². The summed E-state index contributed by atoms with van der Waals surface area (Å²) in [6, 6.07) is 13.9. The Kier molecular flexibility index (Phi) is 4.48. The molecule has 1 aliphatic heterocycles. The Morgan fingerprint density at radius 3 is 2.95 bits per heavy atom. The number of nitrogens with zero attached hydrogens (tertiary/aromatic N) is 1. The van der Waals surface area contributed by atoms with Crippen molar-refractivity contribution in [3.8, 4) is 0 Å². The van der Waals surface area contributed by atoms with E-state index < -0.39 is 0 Å². The van der Waals surface area contributed by atoms with E-state index in [4.69, 9.17) is 0 Å². The quantitative estimate of drug-likeness (QED) is 0.905. The highest BCUT2D eigenvalue weighted by Gasteiger charge is 2.14. The van der Waals surface area contributed by atoms with Gasteiger partial charge in [0.25, 0.3) is 5.91 Å². The van der Waals surface area contributed by atoms with Crippen molar-refractivity contribution in [2.24, 2.45) is 0 Å². The lowest BCUT2D eigenvalue weighted by atomic mass is 9.99. The minimum absolute atomic E-state index is 0.0452. The molecule has 22 heavy (non-hydrogen) atoms. The summed E-state index contributed by atoms with van der Waals surface area (Å²) >= 11 is 3.39. The third kappa shape index (κ3) is 3.33. The van der Waals surface area contributed by atoms with E-state index in [-0.39, 0.29) is 5.91 Å². The Hall–Kier alpha value is -1.81. The molecule has 0 atom stereocenters. The molecule has 1 amide bonds. The van der Waals surface area contributed by atoms with E-state index in [1.54, 1.807) is 0 Å². The van der Waals surface area contributed by atoms with Crippen molar-refractivity contribution in [2.45, 2.75) is 19.4 Å². The van der Waals surface area contributed by atoms with Gasteiger partial charge in [0.05, 0.1) is 0 Å². The van der Waals surface area contributed by atoms with Gasteiger partial charge >= 0.3 is 0 Å². The van der Waals surface area contributed by atoms with Crippen molar-refractivity contribution in [3.05, 3.63) is 63.6 Å². The second-order valence-electron chi connectivity index (χ2n) is 5.68. The molecule has 1 aliphatic rings. The van der Waals surface area contributed by atoms with Gasteiger partial charge in [-0.1, -0.05) is 34.1 Å². The summed E-state index contributed by atoms with van der Waals surface area (Å²) in [5, 5.41) is 2.99. The second kappa shape index (κ2) is 6.53. The molecule has 0 unspecified atom stereocenters. The Bertz CT molecular complexity index is 699. The molecule has 2 aromatic carbocycles. The predicted octanol–water partition coefficient (Wildman–Crippen LogP) is 3.76. The molecule has 0 aliphatic carbocycles. The number of halogens is 1. The van der Waals surface area contributed by atoms with Crippen LogP contribution >= 0.6 is 15.9 Å². The number of hydrogen-bond donors (Lipinski definition) is 1. The predicted molar refractivity (Wildman–Crippen MR) is 93.3 cm³/mol. The molecule has 0 aromatic heterocycles. The van der Waals surface area contributed by atoms with Crippen LogP contribution in [0, 0.1) is 0 Å². The molecule has 3 rings (SSSR count). The summed E-state index contributed by atoms with van der Waals surface area (Å²) in [6.07, 6.45) is 2.31. The van der Waals surface area contributed by atoms with E-state index in [1.807, 2.05) is 24.3 Å². The number of anilines is 1. The van der Waals surface area contributed by atoms with Gasteiger partial charge in [0, 0.05) is 35.9 Å². The third-order valence-corrected chi connectivity index (χ3v) is 4.53. The van der Waals surface area contributed by atoms with Crippen LogP contribution in [-0.2, 0) is 13.0 Å². The van der Waals surface area contributed by atoms with E-state index in [2.05, 4.69) is 51.4 Å². The molecular weight excluding hydrogens is 340 g/mol. The number of hydrogen-bond acceptors (Lipinski definition) is 2. The SMILES string of the molecule is CN1CCCc2cc(CNC(=O)c3cccc(Br)c3)ccc21. The molecular formula is C18H19BrN2O. The van der Waals surface area contributed by atoms with Gasteiger partial charge in [-0.2, -0.15) is 0 Å². The zero-order chi connectivity index (χ0) is 15.5. The number of rotatable bonds is 3. The molecule has 0 saturated heterocycles. The molecule has 0 radical (unpaired) electrons. The number of carbonyl (C=O) groups excluding carboxylic acids is 1. The molecule has 114 valence electrons. The van der Waals surface area contributed by atoms with Gasteiger partial charge in [-0.25, -0.2) is 0 Å². The van der Waals surface area contributed by atoms with Gasteiger partial charge in [0.15, 0.2) is 0 Å². The lowest BCUT2D eigenvalue weighted by molar-refractivity contribution is 0.0951. The van der Waals surface area contributed by atoms with Gasteiger partial charge < -0.3 is 10.2 Å². The van der Waals surface area contributed by atoms with E-state index in [0.29, 0.717) is 12.1 Å². The van der Waals surface area contributed by atoms with Crippen LogP contribution in [0.15, 0.2) is 46.9 Å². The smallest absolute Gasteiger partial charge is 0.251 e. The standard InChI is InChI=1S/C18H19BrN2O/c1-21-9-3-5-14-10-13(7-8-17(14)21)12-20-18(22)15-4-2-6-16(19)11-15/h2,4,6-8,10-11H,3,5,9,12H2,1H3,(H,20,22). The first kappa shape index (κ1) is 15.1. The summed E-state index contributed by atoms with van der Waals surface area (Å²) in [6.45, 7) is 1.67. The van der Waals surface area contributed by atoms with Crippen LogP contribution in [0.1, 0.15) is 27.9 Å². The Labute approximate surface area is 139 Å². The van der Waals surface area contributed by atoms with Crippen LogP contribution in [0.2, 0.25) is 0 Å². The lowest BCUT2D eigenvalue weighted by Gasteiger charge is -2.27. The van der Waals surface area contributed by atoms with Crippen molar-refractivity contribution < 1.29 is 4.79 Å². The first-order chi connectivity index (χ1) is 10.6. The highest BCUT2D eigenvalue weighted by Crippen LogP contribution is 2.26. The Balaban J connectivity index is 1.68. The van der Waals surface area contributed by atoms with Crippen LogP contribution in [0.5, 0.6) is 0 Å². The first-order valence-electron chi connectivity index (χ1n) is 7.50. The summed E-state index contributed by atoms with van der Waals surface area (Å²) < 4.78 is 0.914. The summed E-state index contributed by atoms with van der Waals surface area (Å²) in [5.41, 5.74) is 4.51. The van der Waals surface area contributed by atoms with Gasteiger partial charge in [0.2, 0.25) is 0 Å². The topological polar surface area (TPSA) is 32.3 Å². The normalized spacial score (nSPS) is 13.6. The molecule has 1 heterocycles. The van der Waals surface area contributed by atoms with Crippen LogP contribution in [-0.4, -0.2) is 19.5 Å². The number of carbonyl (C=O) groups is 1. The van der Waals surface area contributed by atoms with Crippen LogP contribution in [0.3, 0.4) is 0 Å². The summed E-state index contributed by atoms with van der Waals surface area (Å²) in [7, 11) is 2.13. The van der Waals surface area contributed by atoms with Crippen LogP contribution < -0.4 is 10.2 Å². The maximum absolute atomic E-state index is 12.2. The van der Waals surface area contributed by atoms with Gasteiger partial charge in [-0.15, -0.1) is 0 Å². The van der Waals surface area contributed by atoms with Crippen molar-refractivity contribution in [1.82, 2.24) is 5.32 Å². The molecule has 0 bridgehead atoms. The summed E-state index contributed by atoms with van der Waals surface area (Å²) in [4.78, 5) is 14.5. The Morgan fingerprint density at radius 2 is 2.14 bits per heavy atom. The molecule has 1 N–H and O–H groups in total. The largest absolute Gasteiger partial charge is 0.374 e. The fraction of sp³-hybridized carbons (Fsp3) is 0.278. The molecule has 0 spiro atoms. The highest BCUT2D eigenvalue weighted by atomic mass is 79.9. The zero-order valence-electron chi connectivity index (χ0n) is 12.6. The van der Waals surface area contributed by atoms with E-state index in [0.717, 1.165) is 23.0 Å². The van der Waals surface area contributed by atoms with Crippen molar-refractivity contribution in [1.29, 1.82) is 0 Å². The fourth-order valence-corrected chi connectivity index (χ4v) is 3.26. The fourth-order valence-electron chi connectivity index (χ4n) is 2.86. The molecule has 4 heteroatoms. The summed E-state index contributed by atoms with van der Waals surface area (Å²) in [5.74, 6) is -0.0452. The van der Waals surface area contributed by atoms with E-state index in [9.17, 15) is 4.79 Å². The molecule has 3 nitrogen and oxygen atoms in total. The number of aryl methyl sites for hydroxylation is 1. The van der Waals surface area contributed by atoms with Gasteiger partial charge in [0.1, 0.15) is 0 Å². The van der Waals surface area contributed by atoms with Crippen molar-refractivity contribution in [2.75, 3.05) is 18.5 Å². The van der Waals surface area contributed by atoms with Crippen LogP contribution in [0.4, 0.5) is 5.69 Å². The van der Waals surface area contributed by atoms with Crippen molar-refractivity contribution >= 4 is 27.5 Å². The first-order valence-corrected chi connectivity index (χ1v) is 8.29. The highest BCUT2D eigenvalue weighted by molar-refractivity contribution is 9.10. The van der Waals surface area contributed by atoms with Crippen molar-refractivity contribution in [3.63, 3.8) is 0 Å².